The highest BCUT2D eigenvalue weighted by Gasteiger charge is 2.18. The van der Waals surface area contributed by atoms with E-state index in [1.54, 1.807) is 27.7 Å². The summed E-state index contributed by atoms with van der Waals surface area (Å²) in [6.07, 6.45) is 2.35. The Bertz CT molecular complexity index is 1170. The lowest BCUT2D eigenvalue weighted by molar-refractivity contribution is 0.806. The number of hydrogen-bond acceptors (Lipinski definition) is 6. The smallest absolute Gasteiger partial charge is 0.268 e. The number of thioether (sulfide) groups is 1. The summed E-state index contributed by atoms with van der Waals surface area (Å²) in [7, 11) is 0. The average Bonchev–Trinajstić information content (AvgIpc) is 3.38. The molecule has 7 heteroatoms. The molecule has 0 radical (unpaired) electrons. The van der Waals surface area contributed by atoms with Gasteiger partial charge < -0.3 is 0 Å². The highest BCUT2D eigenvalue weighted by molar-refractivity contribution is 7.99. The zero-order valence-corrected chi connectivity index (χ0v) is 17.4. The maximum atomic E-state index is 13.5. The predicted octanol–water partition coefficient (Wildman–Crippen LogP) is 5.96. The number of aromatic nitrogens is 2. The monoisotopic (exact) mass is 423 g/mol. The van der Waals surface area contributed by atoms with Gasteiger partial charge in [-0.2, -0.15) is 5.26 Å². The topological polar surface area (TPSA) is 58.7 Å². The van der Waals surface area contributed by atoms with Crippen LogP contribution in [0, 0.1) is 11.3 Å². The van der Waals surface area contributed by atoms with Crippen molar-refractivity contribution in [1.82, 2.24) is 9.55 Å². The Morgan fingerprint density at radius 3 is 2.71 bits per heavy atom. The molecule has 0 aliphatic carbocycles. The molecule has 0 aliphatic rings. The van der Waals surface area contributed by atoms with E-state index in [0.717, 1.165) is 39.6 Å². The van der Waals surface area contributed by atoms with E-state index in [-0.39, 0.29) is 5.56 Å². The number of hydrogen-bond donors (Lipinski definition) is 0. The summed E-state index contributed by atoms with van der Waals surface area (Å²) in [5.74, 6) is 0.829. The van der Waals surface area contributed by atoms with Crippen LogP contribution in [0.3, 0.4) is 0 Å². The molecule has 0 saturated carbocycles. The number of benzene rings is 1. The lowest BCUT2D eigenvalue weighted by Crippen LogP contribution is -2.21. The average molecular weight is 424 g/mol. The molecular formula is C21H17N3OS3. The summed E-state index contributed by atoms with van der Waals surface area (Å²) in [5, 5.41) is 14.1. The van der Waals surface area contributed by atoms with Gasteiger partial charge in [-0.25, -0.2) is 4.98 Å². The van der Waals surface area contributed by atoms with Crippen LogP contribution in [0.4, 0.5) is 0 Å². The summed E-state index contributed by atoms with van der Waals surface area (Å²) in [6, 6.07) is 15.9. The fraction of sp³-hybridized carbons (Fsp3) is 0.190. The van der Waals surface area contributed by atoms with E-state index >= 15 is 0 Å². The van der Waals surface area contributed by atoms with Gasteiger partial charge in [0, 0.05) is 28.0 Å². The maximum Gasteiger partial charge on any atom is 0.268 e. The first-order valence-electron chi connectivity index (χ1n) is 8.93. The van der Waals surface area contributed by atoms with E-state index in [9.17, 15) is 4.79 Å². The van der Waals surface area contributed by atoms with Crippen LogP contribution in [0.2, 0.25) is 0 Å². The largest absolute Gasteiger partial charge is 0.268 e. The molecule has 1 aromatic carbocycles. The number of fused-ring (bicyclic) bond motifs is 1. The van der Waals surface area contributed by atoms with Gasteiger partial charge in [-0.1, -0.05) is 36.0 Å². The number of unbranched alkanes of at least 4 members (excludes halogenated alkanes) is 2. The molecule has 3 heterocycles. The summed E-state index contributed by atoms with van der Waals surface area (Å²) in [5.41, 5.74) is 1.76. The Balaban J connectivity index is 1.82. The molecule has 140 valence electrons. The van der Waals surface area contributed by atoms with E-state index in [2.05, 4.69) is 6.07 Å². The minimum atomic E-state index is -0.0274. The minimum Gasteiger partial charge on any atom is -0.268 e. The lowest BCUT2D eigenvalue weighted by atomic mass is 10.2. The highest BCUT2D eigenvalue weighted by atomic mass is 32.2. The normalized spacial score (nSPS) is 11.0. The first-order chi connectivity index (χ1) is 13.8. The van der Waals surface area contributed by atoms with Crippen LogP contribution in [0.25, 0.3) is 26.3 Å². The molecule has 0 saturated heterocycles. The van der Waals surface area contributed by atoms with Crippen molar-refractivity contribution < 1.29 is 0 Å². The molecule has 4 aromatic rings. The molecule has 0 amide bonds. The van der Waals surface area contributed by atoms with Crippen molar-refractivity contribution in [2.75, 3.05) is 5.75 Å². The van der Waals surface area contributed by atoms with Gasteiger partial charge in [-0.3, -0.25) is 9.36 Å². The van der Waals surface area contributed by atoms with Crippen LogP contribution in [-0.4, -0.2) is 15.3 Å². The van der Waals surface area contributed by atoms with Gasteiger partial charge in [-0.15, -0.1) is 22.7 Å². The Morgan fingerprint density at radius 2 is 1.96 bits per heavy atom. The third kappa shape index (κ3) is 3.76. The van der Waals surface area contributed by atoms with Crippen molar-refractivity contribution in [1.29, 1.82) is 5.26 Å². The Labute approximate surface area is 175 Å². The number of rotatable bonds is 7. The Kier molecular flexibility index (Phi) is 5.91. The molecule has 0 unspecified atom stereocenters. The molecule has 4 rings (SSSR count). The van der Waals surface area contributed by atoms with E-state index < -0.39 is 0 Å². The van der Waals surface area contributed by atoms with Crippen molar-refractivity contribution >= 4 is 44.7 Å². The van der Waals surface area contributed by atoms with Crippen molar-refractivity contribution in [3.63, 3.8) is 0 Å². The number of nitrogens with zero attached hydrogens (tertiary/aromatic N) is 3. The molecule has 0 spiro atoms. The second-order valence-corrected chi connectivity index (χ2v) is 9.01. The van der Waals surface area contributed by atoms with Gasteiger partial charge in [0.15, 0.2) is 5.16 Å². The number of para-hydroxylation sites is 1. The summed E-state index contributed by atoms with van der Waals surface area (Å²) >= 11 is 4.73. The first-order valence-corrected chi connectivity index (χ1v) is 11.7. The molecule has 0 N–H and O–H groups in total. The Hall–Kier alpha value is -2.40. The minimum absolute atomic E-state index is 0.0274. The van der Waals surface area contributed by atoms with Gasteiger partial charge in [0.2, 0.25) is 0 Å². The predicted molar refractivity (Wildman–Crippen MR) is 119 cm³/mol. The summed E-state index contributed by atoms with van der Waals surface area (Å²) in [4.78, 5) is 20.2. The fourth-order valence-electron chi connectivity index (χ4n) is 2.96. The first kappa shape index (κ1) is 18.9. The number of nitriles is 1. The fourth-order valence-corrected chi connectivity index (χ4v) is 5.77. The van der Waals surface area contributed by atoms with Gasteiger partial charge in [0.1, 0.15) is 4.83 Å². The van der Waals surface area contributed by atoms with E-state index in [1.165, 1.54) is 11.3 Å². The van der Waals surface area contributed by atoms with E-state index in [4.69, 9.17) is 10.2 Å². The highest BCUT2D eigenvalue weighted by Crippen LogP contribution is 2.35. The van der Waals surface area contributed by atoms with E-state index in [1.807, 2.05) is 53.2 Å². The van der Waals surface area contributed by atoms with Gasteiger partial charge >= 0.3 is 0 Å². The number of thiophene rings is 2. The van der Waals surface area contributed by atoms with Gasteiger partial charge in [-0.05, 0) is 36.4 Å². The van der Waals surface area contributed by atoms with Gasteiger partial charge in [0.25, 0.3) is 5.56 Å². The van der Waals surface area contributed by atoms with Crippen molar-refractivity contribution in [2.24, 2.45) is 0 Å². The molecule has 0 bridgehead atoms. The molecule has 0 atom stereocenters. The van der Waals surface area contributed by atoms with E-state index in [0.29, 0.717) is 17.0 Å². The molecular weight excluding hydrogens is 406 g/mol. The molecule has 0 aliphatic heterocycles. The second kappa shape index (κ2) is 8.74. The van der Waals surface area contributed by atoms with Crippen molar-refractivity contribution in [2.45, 2.75) is 24.4 Å². The Morgan fingerprint density at radius 1 is 1.11 bits per heavy atom. The van der Waals surface area contributed by atoms with Crippen LogP contribution < -0.4 is 5.56 Å². The third-order valence-corrected chi connectivity index (χ3v) is 7.09. The van der Waals surface area contributed by atoms with Crippen LogP contribution >= 0.6 is 34.4 Å². The molecule has 4 nitrogen and oxygen atoms in total. The van der Waals surface area contributed by atoms with Crippen LogP contribution in [-0.2, 0) is 0 Å². The van der Waals surface area contributed by atoms with Crippen LogP contribution in [0.1, 0.15) is 19.3 Å². The summed E-state index contributed by atoms with van der Waals surface area (Å²) in [6.45, 7) is 0. The van der Waals surface area contributed by atoms with Crippen molar-refractivity contribution in [3.8, 4) is 22.2 Å². The van der Waals surface area contributed by atoms with Crippen LogP contribution in [0.5, 0.6) is 0 Å². The maximum absolute atomic E-state index is 13.5. The molecule has 0 fully saturated rings. The standard InChI is InChI=1S/C21H17N3OS3/c22-11-5-2-6-12-27-21-23-19-18(16(14-28-19)17-10-7-13-26-17)20(25)24(21)15-8-3-1-4-9-15/h1,3-4,7-10,13-14H,2,5-6,12H2. The third-order valence-electron chi connectivity index (χ3n) is 4.29. The van der Waals surface area contributed by atoms with Crippen molar-refractivity contribution in [3.05, 3.63) is 63.6 Å². The zero-order valence-electron chi connectivity index (χ0n) is 15.0. The lowest BCUT2D eigenvalue weighted by Gasteiger charge is -2.12. The molecule has 3 aromatic heterocycles. The second-order valence-electron chi connectivity index (χ2n) is 6.14. The molecule has 28 heavy (non-hydrogen) atoms. The quantitative estimate of drug-likeness (QED) is 0.209. The zero-order chi connectivity index (χ0) is 19.3. The van der Waals surface area contributed by atoms with Gasteiger partial charge in [0.05, 0.1) is 17.1 Å². The van der Waals surface area contributed by atoms with Crippen LogP contribution in [0.15, 0.2) is 63.2 Å². The SMILES string of the molecule is N#CCCCCSc1nc2scc(-c3cccs3)c2c(=O)n1-c1ccccc1. The summed E-state index contributed by atoms with van der Waals surface area (Å²) < 4.78 is 1.72.